The van der Waals surface area contributed by atoms with Crippen LogP contribution >= 0.6 is 0 Å². The van der Waals surface area contributed by atoms with E-state index in [0.29, 0.717) is 18.5 Å². The van der Waals surface area contributed by atoms with E-state index < -0.39 is 0 Å². The largest absolute Gasteiger partial charge is 0.310 e. The molecule has 1 aromatic heterocycles. The summed E-state index contributed by atoms with van der Waals surface area (Å²) in [6, 6.07) is 2.01. The Kier molecular flexibility index (Phi) is 5.35. The van der Waals surface area contributed by atoms with Crippen LogP contribution in [0.5, 0.6) is 0 Å². The van der Waals surface area contributed by atoms with Crippen LogP contribution in [0.1, 0.15) is 70.3 Å². The van der Waals surface area contributed by atoms with Gasteiger partial charge in [0.1, 0.15) is 5.82 Å². The summed E-state index contributed by atoms with van der Waals surface area (Å²) in [5, 5.41) is 3.32. The molecule has 0 amide bonds. The monoisotopic (exact) mass is 277 g/mol. The number of H-pyrrole nitrogens is 1. The van der Waals surface area contributed by atoms with Crippen LogP contribution in [0.4, 0.5) is 0 Å². The van der Waals surface area contributed by atoms with Gasteiger partial charge < -0.3 is 10.3 Å². The minimum absolute atomic E-state index is 0.0193. The molecule has 1 aromatic rings. The Hall–Kier alpha value is -1.16. The van der Waals surface area contributed by atoms with E-state index in [2.05, 4.69) is 36.1 Å². The lowest BCUT2D eigenvalue weighted by Gasteiger charge is -2.27. The summed E-state index contributed by atoms with van der Waals surface area (Å²) in [7, 11) is 0. The van der Waals surface area contributed by atoms with Gasteiger partial charge in [0.2, 0.25) is 0 Å². The van der Waals surface area contributed by atoms with Crippen molar-refractivity contribution in [3.63, 3.8) is 0 Å². The van der Waals surface area contributed by atoms with E-state index in [-0.39, 0.29) is 5.56 Å². The van der Waals surface area contributed by atoms with Gasteiger partial charge in [0.15, 0.2) is 0 Å². The number of hydrogen-bond donors (Lipinski definition) is 2. The zero-order valence-corrected chi connectivity index (χ0v) is 12.9. The molecule has 0 bridgehead atoms. The van der Waals surface area contributed by atoms with Crippen molar-refractivity contribution in [1.29, 1.82) is 0 Å². The fourth-order valence-corrected chi connectivity index (χ4v) is 3.03. The molecule has 0 aliphatic heterocycles. The number of nitrogens with zero attached hydrogens (tertiary/aromatic N) is 1. The maximum Gasteiger partial charge on any atom is 0.251 e. The van der Waals surface area contributed by atoms with Crippen molar-refractivity contribution in [3.05, 3.63) is 27.9 Å². The smallest absolute Gasteiger partial charge is 0.251 e. The molecule has 112 valence electrons. The first-order valence-electron chi connectivity index (χ1n) is 7.92. The lowest BCUT2D eigenvalue weighted by molar-refractivity contribution is 0.306. The maximum absolute atomic E-state index is 11.8. The van der Waals surface area contributed by atoms with E-state index in [1.54, 1.807) is 6.07 Å². The first-order chi connectivity index (χ1) is 9.58. The summed E-state index contributed by atoms with van der Waals surface area (Å²) in [6.45, 7) is 7.12. The van der Waals surface area contributed by atoms with E-state index >= 15 is 0 Å². The third kappa shape index (κ3) is 4.17. The molecule has 2 unspecified atom stereocenters. The van der Waals surface area contributed by atoms with Crippen LogP contribution in [0.15, 0.2) is 10.9 Å². The van der Waals surface area contributed by atoms with E-state index in [1.165, 1.54) is 25.7 Å². The van der Waals surface area contributed by atoms with E-state index in [9.17, 15) is 4.79 Å². The normalized spacial score (nSPS) is 23.2. The van der Waals surface area contributed by atoms with E-state index in [1.807, 2.05) is 0 Å². The van der Waals surface area contributed by atoms with E-state index in [4.69, 9.17) is 0 Å². The number of nitrogens with one attached hydrogen (secondary N) is 2. The standard InChI is InChI=1S/C16H27N3O/c1-4-12-6-5-7-13(8-12)16-18-14(9-15(20)19-16)10-17-11(2)3/h9,11-13,17H,4-8,10H2,1-3H3,(H,18,19,20). The van der Waals surface area contributed by atoms with Gasteiger partial charge in [-0.3, -0.25) is 4.79 Å². The van der Waals surface area contributed by atoms with Crippen LogP contribution in [0.2, 0.25) is 0 Å². The second kappa shape index (κ2) is 7.02. The summed E-state index contributed by atoms with van der Waals surface area (Å²) in [5.41, 5.74) is 0.838. The Morgan fingerprint density at radius 3 is 2.95 bits per heavy atom. The number of rotatable bonds is 5. The second-order valence-corrected chi connectivity index (χ2v) is 6.30. The summed E-state index contributed by atoms with van der Waals surface area (Å²) < 4.78 is 0. The molecule has 2 rings (SSSR count). The molecule has 1 aliphatic rings. The zero-order valence-electron chi connectivity index (χ0n) is 12.9. The van der Waals surface area contributed by atoms with Gasteiger partial charge in [-0.25, -0.2) is 4.98 Å². The number of aromatic amines is 1. The van der Waals surface area contributed by atoms with Crippen molar-refractivity contribution in [2.45, 2.75) is 71.4 Å². The Morgan fingerprint density at radius 2 is 2.25 bits per heavy atom. The summed E-state index contributed by atoms with van der Waals surface area (Å²) in [5.74, 6) is 2.12. The molecule has 4 heteroatoms. The fourth-order valence-electron chi connectivity index (χ4n) is 3.03. The molecular formula is C16H27N3O. The Balaban J connectivity index is 2.12. The van der Waals surface area contributed by atoms with Gasteiger partial charge in [-0.05, 0) is 18.8 Å². The average molecular weight is 277 g/mol. The summed E-state index contributed by atoms with van der Waals surface area (Å²) in [6.07, 6.45) is 6.13. The second-order valence-electron chi connectivity index (χ2n) is 6.30. The van der Waals surface area contributed by atoms with Gasteiger partial charge in [0.25, 0.3) is 5.56 Å². The third-order valence-electron chi connectivity index (χ3n) is 4.25. The first-order valence-corrected chi connectivity index (χ1v) is 7.92. The van der Waals surface area contributed by atoms with Gasteiger partial charge in [0, 0.05) is 24.6 Å². The van der Waals surface area contributed by atoms with Crippen LogP contribution in [0, 0.1) is 5.92 Å². The molecule has 1 aliphatic carbocycles. The summed E-state index contributed by atoms with van der Waals surface area (Å²) in [4.78, 5) is 19.5. The topological polar surface area (TPSA) is 57.8 Å². The van der Waals surface area contributed by atoms with Crippen molar-refractivity contribution in [1.82, 2.24) is 15.3 Å². The van der Waals surface area contributed by atoms with Gasteiger partial charge >= 0.3 is 0 Å². The molecule has 2 N–H and O–H groups in total. The maximum atomic E-state index is 11.8. The highest BCUT2D eigenvalue weighted by Crippen LogP contribution is 2.35. The molecule has 4 nitrogen and oxygen atoms in total. The van der Waals surface area contributed by atoms with Crippen molar-refractivity contribution in [2.24, 2.45) is 5.92 Å². The molecule has 20 heavy (non-hydrogen) atoms. The van der Waals surface area contributed by atoms with Crippen molar-refractivity contribution >= 4 is 0 Å². The quantitative estimate of drug-likeness (QED) is 0.870. The van der Waals surface area contributed by atoms with Gasteiger partial charge in [-0.2, -0.15) is 0 Å². The molecule has 0 radical (unpaired) electrons. The molecule has 0 aromatic carbocycles. The highest BCUT2D eigenvalue weighted by molar-refractivity contribution is 5.07. The molecule has 1 heterocycles. The van der Waals surface area contributed by atoms with Gasteiger partial charge in [0.05, 0.1) is 5.69 Å². The highest BCUT2D eigenvalue weighted by atomic mass is 16.1. The van der Waals surface area contributed by atoms with Crippen molar-refractivity contribution < 1.29 is 0 Å². The molecule has 0 saturated heterocycles. The van der Waals surface area contributed by atoms with Crippen molar-refractivity contribution in [2.75, 3.05) is 0 Å². The zero-order chi connectivity index (χ0) is 14.5. The van der Waals surface area contributed by atoms with E-state index in [0.717, 1.165) is 23.9 Å². The van der Waals surface area contributed by atoms with Gasteiger partial charge in [-0.1, -0.05) is 40.0 Å². The Morgan fingerprint density at radius 1 is 1.45 bits per heavy atom. The predicted molar refractivity (Wildman–Crippen MR) is 81.8 cm³/mol. The molecule has 1 fully saturated rings. The molecule has 1 saturated carbocycles. The summed E-state index contributed by atoms with van der Waals surface area (Å²) >= 11 is 0. The lowest BCUT2D eigenvalue weighted by atomic mass is 9.80. The van der Waals surface area contributed by atoms with Crippen LogP contribution in [-0.4, -0.2) is 16.0 Å². The first kappa shape index (κ1) is 15.2. The van der Waals surface area contributed by atoms with Crippen molar-refractivity contribution in [3.8, 4) is 0 Å². The van der Waals surface area contributed by atoms with Crippen LogP contribution in [-0.2, 0) is 6.54 Å². The number of aromatic nitrogens is 2. The SMILES string of the molecule is CCC1CCCC(c2nc(CNC(C)C)cc(=O)[nH]2)C1. The average Bonchev–Trinajstić information content (AvgIpc) is 2.44. The number of hydrogen-bond acceptors (Lipinski definition) is 3. The van der Waals surface area contributed by atoms with Crippen LogP contribution in [0.25, 0.3) is 0 Å². The minimum atomic E-state index is -0.0193. The third-order valence-corrected chi connectivity index (χ3v) is 4.25. The van der Waals surface area contributed by atoms with Crippen LogP contribution in [0.3, 0.4) is 0 Å². The molecule has 0 spiro atoms. The predicted octanol–water partition coefficient (Wildman–Crippen LogP) is 2.95. The lowest BCUT2D eigenvalue weighted by Crippen LogP contribution is -2.25. The Bertz CT molecular complexity index is 481. The fraction of sp³-hybridized carbons (Fsp3) is 0.750. The molecule has 2 atom stereocenters. The van der Waals surface area contributed by atoms with Crippen LogP contribution < -0.4 is 10.9 Å². The Labute approximate surface area is 121 Å². The molecular weight excluding hydrogens is 250 g/mol. The van der Waals surface area contributed by atoms with Gasteiger partial charge in [-0.15, -0.1) is 0 Å². The minimum Gasteiger partial charge on any atom is -0.310 e. The highest BCUT2D eigenvalue weighted by Gasteiger charge is 2.24.